The van der Waals surface area contributed by atoms with Crippen molar-refractivity contribution in [2.24, 2.45) is 0 Å². The Labute approximate surface area is 131 Å². The molecule has 0 spiro atoms. The summed E-state index contributed by atoms with van der Waals surface area (Å²) in [5.74, 6) is 0.332. The summed E-state index contributed by atoms with van der Waals surface area (Å²) in [4.78, 5) is 17.4. The Morgan fingerprint density at radius 2 is 1.95 bits per heavy atom. The minimum atomic E-state index is -1.01. The van der Waals surface area contributed by atoms with E-state index in [9.17, 15) is 14.3 Å². The smallest absolute Gasteiger partial charge is 0.311 e. The number of aryl methyl sites for hydroxylation is 1. The van der Waals surface area contributed by atoms with E-state index in [1.54, 1.807) is 43.5 Å². The van der Waals surface area contributed by atoms with E-state index in [4.69, 9.17) is 0 Å². The van der Waals surface area contributed by atoms with Crippen LogP contribution >= 0.6 is 0 Å². The van der Waals surface area contributed by atoms with E-state index in [0.29, 0.717) is 12.4 Å². The molecule has 6 nitrogen and oxygen atoms in total. The maximum atomic E-state index is 11.4. The summed E-state index contributed by atoms with van der Waals surface area (Å²) in [5.41, 5.74) is 1.71. The normalized spacial score (nSPS) is 12.0. The Bertz CT molecular complexity index is 716. The summed E-state index contributed by atoms with van der Waals surface area (Å²) in [5, 5.41) is 11.2. The van der Waals surface area contributed by atoms with Crippen LogP contribution in [0.2, 0.25) is 0 Å². The van der Waals surface area contributed by atoms with E-state index in [1.807, 2.05) is 12.1 Å². The first kappa shape index (κ1) is 16.1. The molecule has 1 atom stereocenters. The van der Waals surface area contributed by atoms with Crippen molar-refractivity contribution in [3.8, 4) is 0 Å². The van der Waals surface area contributed by atoms with E-state index in [-0.39, 0.29) is 5.69 Å². The highest BCUT2D eigenvalue weighted by atomic mass is 32.2. The van der Waals surface area contributed by atoms with Crippen molar-refractivity contribution in [3.63, 3.8) is 0 Å². The van der Waals surface area contributed by atoms with Crippen molar-refractivity contribution in [2.75, 3.05) is 18.2 Å². The Kier molecular flexibility index (Phi) is 4.87. The second-order valence-corrected chi connectivity index (χ2v) is 6.45. The van der Waals surface area contributed by atoms with Crippen LogP contribution in [-0.2, 0) is 17.3 Å². The van der Waals surface area contributed by atoms with Gasteiger partial charge in [0.25, 0.3) is 0 Å². The van der Waals surface area contributed by atoms with E-state index in [1.165, 1.54) is 6.07 Å². The summed E-state index contributed by atoms with van der Waals surface area (Å²) in [6.07, 6.45) is 3.24. The molecule has 0 amide bonds. The third kappa shape index (κ3) is 3.67. The van der Waals surface area contributed by atoms with Gasteiger partial charge in [-0.25, -0.2) is 4.98 Å². The number of aromatic nitrogens is 1. The summed E-state index contributed by atoms with van der Waals surface area (Å²) < 4.78 is 11.4. The molecule has 116 valence electrons. The van der Waals surface area contributed by atoms with Crippen molar-refractivity contribution in [1.29, 1.82) is 0 Å². The predicted molar refractivity (Wildman–Crippen MR) is 86.5 cm³/mol. The molecule has 0 aliphatic heterocycles. The molecule has 1 heterocycles. The molecule has 1 aromatic heterocycles. The maximum Gasteiger partial charge on any atom is 0.311 e. The first-order valence-electron chi connectivity index (χ1n) is 6.63. The van der Waals surface area contributed by atoms with Gasteiger partial charge in [-0.1, -0.05) is 12.1 Å². The Balaban J connectivity index is 2.23. The van der Waals surface area contributed by atoms with Crippen molar-refractivity contribution in [2.45, 2.75) is 18.4 Å². The SMILES string of the molecule is Cc1cnc(N(C)Cc2ccc([S@](C)=O)cc2)c([N+](=O)[O-])c1. The van der Waals surface area contributed by atoms with Gasteiger partial charge in [-0.2, -0.15) is 0 Å². The molecule has 1 aromatic carbocycles. The van der Waals surface area contributed by atoms with E-state index >= 15 is 0 Å². The first-order valence-corrected chi connectivity index (χ1v) is 8.19. The molecule has 0 aliphatic rings. The third-order valence-corrected chi connectivity index (χ3v) is 4.15. The number of pyridine rings is 1. The number of anilines is 1. The first-order chi connectivity index (χ1) is 10.4. The van der Waals surface area contributed by atoms with Crippen LogP contribution in [-0.4, -0.2) is 27.4 Å². The lowest BCUT2D eigenvalue weighted by Gasteiger charge is -2.18. The minimum absolute atomic E-state index is 0.00576. The average molecular weight is 319 g/mol. The number of hydrogen-bond donors (Lipinski definition) is 0. The molecule has 0 saturated carbocycles. The zero-order valence-corrected chi connectivity index (χ0v) is 13.5. The van der Waals surface area contributed by atoms with Crippen LogP contribution in [0, 0.1) is 17.0 Å². The number of rotatable bonds is 5. The molecular formula is C15H17N3O3S. The van der Waals surface area contributed by atoms with Crippen LogP contribution in [0.1, 0.15) is 11.1 Å². The zero-order valence-electron chi connectivity index (χ0n) is 12.6. The molecule has 0 saturated heterocycles. The van der Waals surface area contributed by atoms with Crippen LogP contribution in [0.15, 0.2) is 41.4 Å². The molecule has 0 unspecified atom stereocenters. The van der Waals surface area contributed by atoms with Crippen LogP contribution in [0.4, 0.5) is 11.5 Å². The lowest BCUT2D eigenvalue weighted by molar-refractivity contribution is -0.384. The molecule has 0 bridgehead atoms. The van der Waals surface area contributed by atoms with Gasteiger partial charge in [0.1, 0.15) is 0 Å². The molecule has 0 fully saturated rings. The fourth-order valence-electron chi connectivity index (χ4n) is 2.11. The second kappa shape index (κ2) is 6.65. The molecule has 0 aliphatic carbocycles. The van der Waals surface area contributed by atoms with Gasteiger partial charge in [0.15, 0.2) is 0 Å². The van der Waals surface area contributed by atoms with Gasteiger partial charge in [-0.15, -0.1) is 0 Å². The Hall–Kier alpha value is -2.28. The number of nitro groups is 1. The summed E-state index contributed by atoms with van der Waals surface area (Å²) in [6, 6.07) is 8.86. The lowest BCUT2D eigenvalue weighted by atomic mass is 10.2. The minimum Gasteiger partial charge on any atom is -0.350 e. The highest BCUT2D eigenvalue weighted by Gasteiger charge is 2.19. The maximum absolute atomic E-state index is 11.4. The highest BCUT2D eigenvalue weighted by molar-refractivity contribution is 7.84. The quantitative estimate of drug-likeness (QED) is 0.625. The van der Waals surface area contributed by atoms with E-state index < -0.39 is 15.7 Å². The molecule has 7 heteroatoms. The van der Waals surface area contributed by atoms with Gasteiger partial charge >= 0.3 is 5.69 Å². The van der Waals surface area contributed by atoms with Crippen LogP contribution in [0.3, 0.4) is 0 Å². The standard InChI is InChI=1S/C15H17N3O3S/c1-11-8-14(18(19)20)15(16-9-11)17(2)10-12-4-6-13(7-5-12)22(3)21/h4-9H,10H2,1-3H3/t22-/m0/s1. The topological polar surface area (TPSA) is 76.3 Å². The van der Waals surface area contributed by atoms with Gasteiger partial charge in [0.05, 0.1) is 4.92 Å². The lowest BCUT2D eigenvalue weighted by Crippen LogP contribution is -2.19. The van der Waals surface area contributed by atoms with Crippen molar-refractivity contribution >= 4 is 22.3 Å². The largest absolute Gasteiger partial charge is 0.350 e. The van der Waals surface area contributed by atoms with Crippen LogP contribution < -0.4 is 4.90 Å². The Morgan fingerprint density at radius 1 is 1.32 bits per heavy atom. The summed E-state index contributed by atoms with van der Waals surface area (Å²) >= 11 is 0. The molecule has 2 aromatic rings. The third-order valence-electron chi connectivity index (χ3n) is 3.22. The van der Waals surface area contributed by atoms with E-state index in [2.05, 4.69) is 4.98 Å². The van der Waals surface area contributed by atoms with Gasteiger partial charge in [0, 0.05) is 47.8 Å². The molecular weight excluding hydrogens is 302 g/mol. The second-order valence-electron chi connectivity index (χ2n) is 5.07. The van der Waals surface area contributed by atoms with Gasteiger partial charge in [0.2, 0.25) is 5.82 Å². The molecule has 0 N–H and O–H groups in total. The molecule has 22 heavy (non-hydrogen) atoms. The van der Waals surface area contributed by atoms with Gasteiger partial charge in [-0.3, -0.25) is 14.3 Å². The van der Waals surface area contributed by atoms with Crippen LogP contribution in [0.5, 0.6) is 0 Å². The monoisotopic (exact) mass is 319 g/mol. The fourth-order valence-corrected chi connectivity index (χ4v) is 2.63. The fraction of sp³-hybridized carbons (Fsp3) is 0.267. The van der Waals surface area contributed by atoms with Gasteiger partial charge < -0.3 is 4.90 Å². The van der Waals surface area contributed by atoms with Crippen molar-refractivity contribution in [1.82, 2.24) is 4.98 Å². The number of nitrogens with zero attached hydrogens (tertiary/aromatic N) is 3. The van der Waals surface area contributed by atoms with E-state index in [0.717, 1.165) is 16.0 Å². The average Bonchev–Trinajstić information content (AvgIpc) is 2.47. The van der Waals surface area contributed by atoms with Crippen molar-refractivity contribution in [3.05, 3.63) is 57.8 Å². The zero-order chi connectivity index (χ0) is 16.3. The Morgan fingerprint density at radius 3 is 2.50 bits per heavy atom. The van der Waals surface area contributed by atoms with Crippen LogP contribution in [0.25, 0.3) is 0 Å². The predicted octanol–water partition coefficient (Wildman–Crippen LogP) is 2.67. The highest BCUT2D eigenvalue weighted by Crippen LogP contribution is 2.26. The number of hydrogen-bond acceptors (Lipinski definition) is 5. The van der Waals surface area contributed by atoms with Gasteiger partial charge in [-0.05, 0) is 30.2 Å². The van der Waals surface area contributed by atoms with Crippen molar-refractivity contribution < 1.29 is 9.13 Å². The molecule has 0 radical (unpaired) electrons. The summed E-state index contributed by atoms with van der Waals surface area (Å²) in [7, 11) is 0.747. The number of benzene rings is 1. The molecule has 2 rings (SSSR count). The summed E-state index contributed by atoms with van der Waals surface area (Å²) in [6.45, 7) is 2.25.